The molecule has 1 N–H and O–H groups in total. The van der Waals surface area contributed by atoms with Crippen LogP contribution in [0.1, 0.15) is 45.2 Å². The van der Waals surface area contributed by atoms with Crippen molar-refractivity contribution in [2.45, 2.75) is 39.7 Å². The topological polar surface area (TPSA) is 41.6 Å². The third-order valence-corrected chi connectivity index (χ3v) is 3.77. The second-order valence-corrected chi connectivity index (χ2v) is 4.97. The number of hydrogen-bond acceptors (Lipinski definition) is 3. The second-order valence-electron chi connectivity index (χ2n) is 4.97. The lowest BCUT2D eigenvalue weighted by atomic mass is 10.0. The highest BCUT2D eigenvalue weighted by Crippen LogP contribution is 2.26. The van der Waals surface area contributed by atoms with Gasteiger partial charge in [0, 0.05) is 37.7 Å². The first-order valence-corrected chi connectivity index (χ1v) is 7.81. The van der Waals surface area contributed by atoms with Crippen molar-refractivity contribution < 1.29 is 9.53 Å². The summed E-state index contributed by atoms with van der Waals surface area (Å²) in [6, 6.07) is 8.25. The third kappa shape index (κ3) is 5.05. The number of hydrogen-bond donors (Lipinski definition) is 1. The summed E-state index contributed by atoms with van der Waals surface area (Å²) in [6.45, 7) is 8.40. The van der Waals surface area contributed by atoms with E-state index in [1.165, 1.54) is 0 Å². The fraction of sp³-hybridized carbons (Fsp3) is 0.588. The lowest BCUT2D eigenvalue weighted by Crippen LogP contribution is -2.33. The fourth-order valence-electron chi connectivity index (χ4n) is 2.52. The second kappa shape index (κ2) is 9.40. The van der Waals surface area contributed by atoms with Crippen molar-refractivity contribution >= 4 is 5.91 Å². The number of nitrogens with zero attached hydrogens (tertiary/aromatic N) is 1. The van der Waals surface area contributed by atoms with E-state index in [0.717, 1.165) is 30.8 Å². The van der Waals surface area contributed by atoms with Gasteiger partial charge in [0.25, 0.3) is 0 Å². The summed E-state index contributed by atoms with van der Waals surface area (Å²) < 4.78 is 5.41. The van der Waals surface area contributed by atoms with Crippen molar-refractivity contribution in [1.82, 2.24) is 10.2 Å². The molecule has 0 aromatic heterocycles. The van der Waals surface area contributed by atoms with Gasteiger partial charge in [0.15, 0.2) is 0 Å². The number of para-hydroxylation sites is 1. The number of methoxy groups -OCH3 is 1. The van der Waals surface area contributed by atoms with Gasteiger partial charge < -0.3 is 15.0 Å². The molecule has 4 nitrogen and oxygen atoms in total. The van der Waals surface area contributed by atoms with Crippen LogP contribution in [0.4, 0.5) is 0 Å². The Morgan fingerprint density at radius 1 is 1.24 bits per heavy atom. The number of benzene rings is 1. The first-order valence-electron chi connectivity index (χ1n) is 7.81. The third-order valence-electron chi connectivity index (χ3n) is 3.77. The van der Waals surface area contributed by atoms with E-state index >= 15 is 0 Å². The lowest BCUT2D eigenvalue weighted by Gasteiger charge is -2.22. The molecule has 0 fully saturated rings. The summed E-state index contributed by atoms with van der Waals surface area (Å²) in [6.07, 6.45) is 1.49. The van der Waals surface area contributed by atoms with Gasteiger partial charge in [-0.05, 0) is 26.3 Å². The van der Waals surface area contributed by atoms with Gasteiger partial charge in [-0.2, -0.15) is 0 Å². The molecule has 0 spiro atoms. The van der Waals surface area contributed by atoms with Crippen LogP contribution in [0.5, 0.6) is 5.75 Å². The average Bonchev–Trinajstić information content (AvgIpc) is 2.53. The molecular formula is C17H28N2O2. The minimum atomic E-state index is 0.211. The van der Waals surface area contributed by atoms with E-state index in [1.54, 1.807) is 7.11 Å². The maximum absolute atomic E-state index is 12.0. The number of rotatable bonds is 9. The van der Waals surface area contributed by atoms with E-state index in [1.807, 2.05) is 36.9 Å². The van der Waals surface area contributed by atoms with Crippen LogP contribution in [0.15, 0.2) is 24.3 Å². The highest BCUT2D eigenvalue weighted by atomic mass is 16.5. The van der Waals surface area contributed by atoms with Gasteiger partial charge in [0.05, 0.1) is 7.11 Å². The zero-order chi connectivity index (χ0) is 15.7. The summed E-state index contributed by atoms with van der Waals surface area (Å²) in [7, 11) is 1.69. The summed E-state index contributed by atoms with van der Waals surface area (Å²) in [4.78, 5) is 13.9. The van der Waals surface area contributed by atoms with Crippen LogP contribution in [-0.4, -0.2) is 37.6 Å². The van der Waals surface area contributed by atoms with Crippen LogP contribution < -0.4 is 10.1 Å². The molecule has 21 heavy (non-hydrogen) atoms. The molecule has 1 amide bonds. The molecule has 0 radical (unpaired) electrons. The molecule has 1 rings (SSSR count). The number of nitrogens with one attached hydrogen (secondary N) is 1. The molecule has 0 saturated carbocycles. The van der Waals surface area contributed by atoms with Crippen molar-refractivity contribution in [2.24, 2.45) is 0 Å². The van der Waals surface area contributed by atoms with Gasteiger partial charge in [-0.15, -0.1) is 0 Å². The van der Waals surface area contributed by atoms with E-state index in [4.69, 9.17) is 4.74 Å². The van der Waals surface area contributed by atoms with Gasteiger partial charge in [0.2, 0.25) is 5.91 Å². The zero-order valence-electron chi connectivity index (χ0n) is 13.7. The Labute approximate surface area is 128 Å². The smallest absolute Gasteiger partial charge is 0.223 e. The largest absolute Gasteiger partial charge is 0.496 e. The van der Waals surface area contributed by atoms with Crippen molar-refractivity contribution in [3.05, 3.63) is 29.8 Å². The molecule has 4 heteroatoms. The van der Waals surface area contributed by atoms with Crippen molar-refractivity contribution in [1.29, 1.82) is 0 Å². The molecule has 1 unspecified atom stereocenters. The van der Waals surface area contributed by atoms with Crippen LogP contribution in [0.25, 0.3) is 0 Å². The molecule has 0 bridgehead atoms. The first-order chi connectivity index (χ1) is 10.2. The SMILES string of the molecule is CCC(NCCC(=O)N(CC)CC)c1ccccc1OC. The molecule has 0 aliphatic heterocycles. The Morgan fingerprint density at radius 2 is 1.90 bits per heavy atom. The Bertz CT molecular complexity index is 431. The monoisotopic (exact) mass is 292 g/mol. The van der Waals surface area contributed by atoms with Gasteiger partial charge in [-0.1, -0.05) is 25.1 Å². The van der Waals surface area contributed by atoms with Gasteiger partial charge >= 0.3 is 0 Å². The summed E-state index contributed by atoms with van der Waals surface area (Å²) in [5, 5.41) is 3.47. The normalized spacial score (nSPS) is 12.0. The van der Waals surface area contributed by atoms with Crippen LogP contribution >= 0.6 is 0 Å². The zero-order valence-corrected chi connectivity index (χ0v) is 13.7. The van der Waals surface area contributed by atoms with E-state index in [-0.39, 0.29) is 11.9 Å². The molecule has 1 atom stereocenters. The van der Waals surface area contributed by atoms with E-state index in [2.05, 4.69) is 18.3 Å². The van der Waals surface area contributed by atoms with E-state index in [9.17, 15) is 4.79 Å². The van der Waals surface area contributed by atoms with Crippen LogP contribution in [-0.2, 0) is 4.79 Å². The summed E-state index contributed by atoms with van der Waals surface area (Å²) >= 11 is 0. The van der Waals surface area contributed by atoms with Gasteiger partial charge in [-0.25, -0.2) is 0 Å². The maximum Gasteiger partial charge on any atom is 0.223 e. The molecule has 118 valence electrons. The Hall–Kier alpha value is -1.55. The Balaban J connectivity index is 2.57. The maximum atomic E-state index is 12.0. The molecule has 0 aliphatic carbocycles. The fourth-order valence-corrected chi connectivity index (χ4v) is 2.52. The Morgan fingerprint density at radius 3 is 2.48 bits per heavy atom. The van der Waals surface area contributed by atoms with Crippen molar-refractivity contribution in [2.75, 3.05) is 26.7 Å². The molecule has 0 saturated heterocycles. The van der Waals surface area contributed by atoms with E-state index < -0.39 is 0 Å². The van der Waals surface area contributed by atoms with Crippen LogP contribution in [0.2, 0.25) is 0 Å². The molecule has 1 aromatic rings. The molecule has 0 heterocycles. The van der Waals surface area contributed by atoms with E-state index in [0.29, 0.717) is 13.0 Å². The van der Waals surface area contributed by atoms with Gasteiger partial charge in [0.1, 0.15) is 5.75 Å². The molecular weight excluding hydrogens is 264 g/mol. The Kier molecular flexibility index (Phi) is 7.83. The number of amides is 1. The quantitative estimate of drug-likeness (QED) is 0.761. The highest BCUT2D eigenvalue weighted by molar-refractivity contribution is 5.76. The number of carbonyl (C=O) groups excluding carboxylic acids is 1. The van der Waals surface area contributed by atoms with Crippen molar-refractivity contribution in [3.8, 4) is 5.75 Å². The summed E-state index contributed by atoms with van der Waals surface area (Å²) in [5.74, 6) is 1.11. The molecule has 1 aromatic carbocycles. The summed E-state index contributed by atoms with van der Waals surface area (Å²) in [5.41, 5.74) is 1.15. The lowest BCUT2D eigenvalue weighted by molar-refractivity contribution is -0.130. The number of ether oxygens (including phenoxy) is 1. The number of carbonyl (C=O) groups is 1. The minimum absolute atomic E-state index is 0.211. The van der Waals surface area contributed by atoms with Crippen molar-refractivity contribution in [3.63, 3.8) is 0 Å². The predicted octanol–water partition coefficient (Wildman–Crippen LogP) is 2.99. The molecule has 0 aliphatic rings. The van der Waals surface area contributed by atoms with Crippen LogP contribution in [0.3, 0.4) is 0 Å². The highest BCUT2D eigenvalue weighted by Gasteiger charge is 2.15. The first kappa shape index (κ1) is 17.5. The van der Waals surface area contributed by atoms with Gasteiger partial charge in [-0.3, -0.25) is 4.79 Å². The van der Waals surface area contributed by atoms with Crippen LogP contribution in [0, 0.1) is 0 Å². The predicted molar refractivity (Wildman–Crippen MR) is 86.6 cm³/mol. The minimum Gasteiger partial charge on any atom is -0.496 e. The average molecular weight is 292 g/mol. The standard InChI is InChI=1S/C17H28N2O2/c1-5-15(14-10-8-9-11-16(14)21-4)18-13-12-17(20)19(6-2)7-3/h8-11,15,18H,5-7,12-13H2,1-4H3.